The maximum Gasteiger partial charge on any atom is 0.252 e. The number of carbonyl (C=O) groups excluding carboxylic acids is 1. The normalized spacial score (nSPS) is 12.4. The monoisotopic (exact) mass is 400 g/mol. The third kappa shape index (κ3) is 5.04. The van der Waals surface area contributed by atoms with Crippen LogP contribution in [0.2, 0.25) is 4.34 Å². The highest BCUT2D eigenvalue weighted by Gasteiger charge is 2.26. The van der Waals surface area contributed by atoms with Crippen LogP contribution >= 0.6 is 22.9 Å². The van der Waals surface area contributed by atoms with Crippen molar-refractivity contribution in [1.82, 2.24) is 9.62 Å². The van der Waals surface area contributed by atoms with Crippen molar-refractivity contribution < 1.29 is 13.2 Å². The zero-order chi connectivity index (χ0) is 18.7. The van der Waals surface area contributed by atoms with E-state index in [1.165, 1.54) is 19.2 Å². The predicted octanol–water partition coefficient (Wildman–Crippen LogP) is 3.12. The Labute approximate surface area is 157 Å². The maximum absolute atomic E-state index is 12.4. The molecule has 136 valence electrons. The van der Waals surface area contributed by atoms with Crippen LogP contribution in [0, 0.1) is 0 Å². The van der Waals surface area contributed by atoms with Crippen LogP contribution < -0.4 is 5.32 Å². The molecular weight excluding hydrogens is 380 g/mol. The summed E-state index contributed by atoms with van der Waals surface area (Å²) in [6.45, 7) is 4.21. The standard InChI is InChI=1S/C17H21ClN2O3S2/c1-17(2,13-7-5-4-6-8-13)12-19-15(21)11-20(3)25(22,23)16-10-9-14(18)24-16/h4-10H,11-12H2,1-3H3,(H,19,21). The minimum Gasteiger partial charge on any atom is -0.354 e. The minimum absolute atomic E-state index is 0.123. The van der Waals surface area contributed by atoms with Crippen LogP contribution in [0.25, 0.3) is 0 Å². The first-order valence-electron chi connectivity index (χ1n) is 7.67. The van der Waals surface area contributed by atoms with Gasteiger partial charge in [0.25, 0.3) is 10.0 Å². The molecule has 2 aromatic rings. The average Bonchev–Trinajstić information content (AvgIpc) is 3.01. The molecule has 1 amide bonds. The molecule has 0 saturated carbocycles. The van der Waals surface area contributed by atoms with E-state index in [1.54, 1.807) is 0 Å². The van der Waals surface area contributed by atoms with Crippen LogP contribution in [0.1, 0.15) is 19.4 Å². The fourth-order valence-electron chi connectivity index (χ4n) is 2.24. The van der Waals surface area contributed by atoms with Gasteiger partial charge in [0.05, 0.1) is 10.9 Å². The molecule has 0 saturated heterocycles. The first kappa shape index (κ1) is 19.9. The second kappa shape index (κ2) is 7.86. The van der Waals surface area contributed by atoms with E-state index in [4.69, 9.17) is 11.6 Å². The number of nitrogens with one attached hydrogen (secondary N) is 1. The van der Waals surface area contributed by atoms with Gasteiger partial charge in [-0.05, 0) is 17.7 Å². The van der Waals surface area contributed by atoms with Crippen LogP contribution in [0.5, 0.6) is 0 Å². The van der Waals surface area contributed by atoms with E-state index in [9.17, 15) is 13.2 Å². The van der Waals surface area contributed by atoms with Gasteiger partial charge in [0, 0.05) is 19.0 Å². The second-order valence-corrected chi connectivity index (χ2v) is 10.3. The largest absolute Gasteiger partial charge is 0.354 e. The van der Waals surface area contributed by atoms with Gasteiger partial charge in [0.1, 0.15) is 4.21 Å². The summed E-state index contributed by atoms with van der Waals surface area (Å²) in [5.41, 5.74) is 0.847. The van der Waals surface area contributed by atoms with Crippen molar-refractivity contribution >= 4 is 38.9 Å². The molecule has 1 N–H and O–H groups in total. The molecule has 8 heteroatoms. The van der Waals surface area contributed by atoms with Crippen molar-refractivity contribution in [3.05, 3.63) is 52.4 Å². The number of carbonyl (C=O) groups is 1. The van der Waals surface area contributed by atoms with Crippen LogP contribution in [0.3, 0.4) is 0 Å². The van der Waals surface area contributed by atoms with Gasteiger partial charge >= 0.3 is 0 Å². The number of amides is 1. The van der Waals surface area contributed by atoms with E-state index in [0.717, 1.165) is 21.2 Å². The molecule has 5 nitrogen and oxygen atoms in total. The molecule has 1 heterocycles. The second-order valence-electron chi connectivity index (χ2n) is 6.35. The van der Waals surface area contributed by atoms with Gasteiger partial charge in [0.15, 0.2) is 0 Å². The average molecular weight is 401 g/mol. The summed E-state index contributed by atoms with van der Waals surface area (Å²) >= 11 is 6.76. The van der Waals surface area contributed by atoms with Crippen molar-refractivity contribution in [2.24, 2.45) is 0 Å². The lowest BCUT2D eigenvalue weighted by Crippen LogP contribution is -2.42. The fourth-order valence-corrected chi connectivity index (χ4v) is 5.06. The number of rotatable bonds is 7. The van der Waals surface area contributed by atoms with Crippen molar-refractivity contribution in [2.45, 2.75) is 23.5 Å². The molecular formula is C17H21ClN2O3S2. The molecule has 0 bridgehead atoms. The van der Waals surface area contributed by atoms with E-state index < -0.39 is 10.0 Å². The van der Waals surface area contributed by atoms with Gasteiger partial charge in [-0.25, -0.2) is 8.42 Å². The van der Waals surface area contributed by atoms with E-state index >= 15 is 0 Å². The first-order chi connectivity index (χ1) is 11.6. The fraction of sp³-hybridized carbons (Fsp3) is 0.353. The van der Waals surface area contributed by atoms with Crippen LogP contribution in [0.4, 0.5) is 0 Å². The lowest BCUT2D eigenvalue weighted by molar-refractivity contribution is -0.121. The van der Waals surface area contributed by atoms with Crippen LogP contribution in [0.15, 0.2) is 46.7 Å². The van der Waals surface area contributed by atoms with Crippen molar-refractivity contribution in [1.29, 1.82) is 0 Å². The maximum atomic E-state index is 12.4. The number of hydrogen-bond acceptors (Lipinski definition) is 4. The Kier molecular flexibility index (Phi) is 6.26. The Morgan fingerprint density at radius 2 is 1.84 bits per heavy atom. The molecule has 0 atom stereocenters. The lowest BCUT2D eigenvalue weighted by atomic mass is 9.84. The van der Waals surface area contributed by atoms with Gasteiger partial charge in [-0.3, -0.25) is 4.79 Å². The molecule has 2 rings (SSSR count). The number of hydrogen-bond donors (Lipinski definition) is 1. The van der Waals surface area contributed by atoms with Gasteiger partial charge in [-0.15, -0.1) is 11.3 Å². The number of benzene rings is 1. The Bertz CT molecular complexity index is 833. The van der Waals surface area contributed by atoms with Crippen molar-refractivity contribution in [3.8, 4) is 0 Å². The van der Waals surface area contributed by atoms with Crippen molar-refractivity contribution in [2.75, 3.05) is 20.1 Å². The zero-order valence-electron chi connectivity index (χ0n) is 14.3. The van der Waals surface area contributed by atoms with Gasteiger partial charge < -0.3 is 5.32 Å². The summed E-state index contributed by atoms with van der Waals surface area (Å²) in [6.07, 6.45) is 0. The Morgan fingerprint density at radius 1 is 1.20 bits per heavy atom. The smallest absolute Gasteiger partial charge is 0.252 e. The number of nitrogens with zero attached hydrogens (tertiary/aromatic N) is 1. The molecule has 0 fully saturated rings. The number of thiophene rings is 1. The summed E-state index contributed by atoms with van der Waals surface area (Å²) < 4.78 is 26.3. The highest BCUT2D eigenvalue weighted by atomic mass is 35.5. The van der Waals surface area contributed by atoms with Crippen LogP contribution in [-0.2, 0) is 20.2 Å². The van der Waals surface area contributed by atoms with E-state index in [2.05, 4.69) is 5.32 Å². The third-order valence-electron chi connectivity index (χ3n) is 3.86. The third-order valence-corrected chi connectivity index (χ3v) is 7.36. The molecule has 0 unspecified atom stereocenters. The highest BCUT2D eigenvalue weighted by molar-refractivity contribution is 7.91. The summed E-state index contributed by atoms with van der Waals surface area (Å²) in [5.74, 6) is -0.349. The van der Waals surface area contributed by atoms with E-state index in [1.807, 2.05) is 44.2 Å². The van der Waals surface area contributed by atoms with E-state index in [0.29, 0.717) is 10.9 Å². The first-order valence-corrected chi connectivity index (χ1v) is 10.3. The lowest BCUT2D eigenvalue weighted by Gasteiger charge is -2.26. The summed E-state index contributed by atoms with van der Waals surface area (Å²) in [7, 11) is -2.33. The number of halogens is 1. The molecule has 0 aliphatic rings. The van der Waals surface area contributed by atoms with Gasteiger partial charge in [0.2, 0.25) is 5.91 Å². The number of sulfonamides is 1. The summed E-state index contributed by atoms with van der Waals surface area (Å²) in [4.78, 5) is 12.2. The summed E-state index contributed by atoms with van der Waals surface area (Å²) in [6, 6.07) is 12.8. The van der Waals surface area contributed by atoms with Gasteiger partial charge in [-0.1, -0.05) is 55.8 Å². The van der Waals surface area contributed by atoms with Crippen LogP contribution in [-0.4, -0.2) is 38.8 Å². The predicted molar refractivity (Wildman–Crippen MR) is 102 cm³/mol. The number of likely N-dealkylation sites (N-methyl/N-ethyl adjacent to an activating group) is 1. The quantitative estimate of drug-likeness (QED) is 0.776. The molecule has 1 aromatic carbocycles. The summed E-state index contributed by atoms with van der Waals surface area (Å²) in [5, 5.41) is 2.81. The molecule has 0 spiro atoms. The highest BCUT2D eigenvalue weighted by Crippen LogP contribution is 2.27. The van der Waals surface area contributed by atoms with Crippen molar-refractivity contribution in [3.63, 3.8) is 0 Å². The molecule has 0 radical (unpaired) electrons. The Balaban J connectivity index is 1.96. The van der Waals surface area contributed by atoms with E-state index in [-0.39, 0.29) is 22.1 Å². The Hall–Kier alpha value is -1.41. The topological polar surface area (TPSA) is 66.5 Å². The zero-order valence-corrected chi connectivity index (χ0v) is 16.7. The van der Waals surface area contributed by atoms with Gasteiger partial charge in [-0.2, -0.15) is 4.31 Å². The minimum atomic E-state index is -3.71. The molecule has 0 aliphatic carbocycles. The molecule has 1 aromatic heterocycles. The Morgan fingerprint density at radius 3 is 2.40 bits per heavy atom. The molecule has 25 heavy (non-hydrogen) atoms. The molecule has 0 aliphatic heterocycles. The SMILES string of the molecule is CN(CC(=O)NCC(C)(C)c1ccccc1)S(=O)(=O)c1ccc(Cl)s1.